The molecule has 0 aromatic carbocycles. The van der Waals surface area contributed by atoms with E-state index >= 15 is 0 Å². The standard InChI is InChI=1S/C18H33N5O.HI/c1-14(12-23-16(3)10-15(2)21-23)11-20-18(19-4)22(5)8-9-24-13-17-6-7-17;/h10,14,17H,6-9,11-13H2,1-5H3,(H,19,20);1H. The summed E-state index contributed by atoms with van der Waals surface area (Å²) in [5, 5.41) is 7.99. The summed E-state index contributed by atoms with van der Waals surface area (Å²) in [6.45, 7) is 10.7. The van der Waals surface area contributed by atoms with Gasteiger partial charge in [0, 0.05) is 46.0 Å². The van der Waals surface area contributed by atoms with Gasteiger partial charge in [0.2, 0.25) is 0 Å². The average Bonchev–Trinajstić information content (AvgIpc) is 3.30. The fourth-order valence-corrected chi connectivity index (χ4v) is 2.71. The summed E-state index contributed by atoms with van der Waals surface area (Å²) in [5.74, 6) is 2.22. The van der Waals surface area contributed by atoms with E-state index in [0.717, 1.165) is 50.4 Å². The van der Waals surface area contributed by atoms with E-state index in [0.29, 0.717) is 5.92 Å². The predicted octanol–water partition coefficient (Wildman–Crippen LogP) is 2.69. The third-order valence-electron chi connectivity index (χ3n) is 4.39. The highest BCUT2D eigenvalue weighted by atomic mass is 127. The SMILES string of the molecule is CN=C(NCC(C)Cn1nc(C)cc1C)N(C)CCOCC1CC1.I. The zero-order chi connectivity index (χ0) is 17.5. The van der Waals surface area contributed by atoms with E-state index in [-0.39, 0.29) is 24.0 Å². The topological polar surface area (TPSA) is 54.7 Å². The van der Waals surface area contributed by atoms with E-state index < -0.39 is 0 Å². The first-order valence-corrected chi connectivity index (χ1v) is 9.00. The lowest BCUT2D eigenvalue weighted by atomic mass is 10.2. The molecule has 7 heteroatoms. The molecule has 2 rings (SSSR count). The number of hydrogen-bond donors (Lipinski definition) is 1. The Hall–Kier alpha value is -0.830. The minimum atomic E-state index is 0. The van der Waals surface area contributed by atoms with Gasteiger partial charge in [-0.15, -0.1) is 24.0 Å². The van der Waals surface area contributed by atoms with Gasteiger partial charge in [0.25, 0.3) is 0 Å². The zero-order valence-corrected chi connectivity index (χ0v) is 18.6. The molecule has 1 atom stereocenters. The van der Waals surface area contributed by atoms with Crippen LogP contribution in [0.5, 0.6) is 0 Å². The molecule has 0 radical (unpaired) electrons. The molecule has 0 aliphatic heterocycles. The van der Waals surface area contributed by atoms with Gasteiger partial charge in [-0.3, -0.25) is 9.67 Å². The summed E-state index contributed by atoms with van der Waals surface area (Å²) in [6, 6.07) is 2.12. The summed E-state index contributed by atoms with van der Waals surface area (Å²) in [4.78, 5) is 6.50. The van der Waals surface area contributed by atoms with Crippen LogP contribution in [0.4, 0.5) is 0 Å². The van der Waals surface area contributed by atoms with Crippen LogP contribution < -0.4 is 5.32 Å². The highest BCUT2D eigenvalue weighted by molar-refractivity contribution is 14.0. The van der Waals surface area contributed by atoms with Crippen LogP contribution in [0, 0.1) is 25.7 Å². The van der Waals surface area contributed by atoms with Crippen LogP contribution in [-0.4, -0.2) is 61.0 Å². The smallest absolute Gasteiger partial charge is 0.193 e. The molecule has 1 aromatic heterocycles. The van der Waals surface area contributed by atoms with E-state index in [9.17, 15) is 0 Å². The highest BCUT2D eigenvalue weighted by Gasteiger charge is 2.21. The Morgan fingerprint density at radius 3 is 2.76 bits per heavy atom. The zero-order valence-electron chi connectivity index (χ0n) is 16.3. The second-order valence-corrected chi connectivity index (χ2v) is 7.08. The number of nitrogens with zero attached hydrogens (tertiary/aromatic N) is 4. The second-order valence-electron chi connectivity index (χ2n) is 7.08. The van der Waals surface area contributed by atoms with Crippen molar-refractivity contribution in [2.75, 3.05) is 40.4 Å². The molecule has 1 aliphatic carbocycles. The minimum Gasteiger partial charge on any atom is -0.379 e. The number of likely N-dealkylation sites (N-methyl/N-ethyl adjacent to an activating group) is 1. The Morgan fingerprint density at radius 1 is 1.48 bits per heavy atom. The van der Waals surface area contributed by atoms with Crippen LogP contribution in [0.2, 0.25) is 0 Å². The average molecular weight is 463 g/mol. The molecule has 1 saturated carbocycles. The van der Waals surface area contributed by atoms with Crippen molar-refractivity contribution in [2.24, 2.45) is 16.8 Å². The molecular weight excluding hydrogens is 429 g/mol. The van der Waals surface area contributed by atoms with Gasteiger partial charge < -0.3 is 15.0 Å². The van der Waals surface area contributed by atoms with Crippen molar-refractivity contribution >= 4 is 29.9 Å². The minimum absolute atomic E-state index is 0. The third kappa shape index (κ3) is 7.94. The number of guanidine groups is 1. The molecule has 1 unspecified atom stereocenters. The van der Waals surface area contributed by atoms with E-state index in [1.807, 2.05) is 14.0 Å². The molecule has 6 nitrogen and oxygen atoms in total. The van der Waals surface area contributed by atoms with Crippen molar-refractivity contribution in [1.29, 1.82) is 0 Å². The van der Waals surface area contributed by atoms with Crippen molar-refractivity contribution in [1.82, 2.24) is 20.0 Å². The van der Waals surface area contributed by atoms with Gasteiger partial charge in [0.05, 0.1) is 12.3 Å². The molecule has 0 spiro atoms. The third-order valence-corrected chi connectivity index (χ3v) is 4.39. The fraction of sp³-hybridized carbons (Fsp3) is 0.778. The van der Waals surface area contributed by atoms with Crippen molar-refractivity contribution in [3.05, 3.63) is 17.5 Å². The molecular formula is C18H34IN5O. The van der Waals surface area contributed by atoms with Crippen molar-refractivity contribution in [3.8, 4) is 0 Å². The monoisotopic (exact) mass is 463 g/mol. The largest absolute Gasteiger partial charge is 0.379 e. The van der Waals surface area contributed by atoms with Gasteiger partial charge in [0.1, 0.15) is 0 Å². The molecule has 0 amide bonds. The number of halogens is 1. The van der Waals surface area contributed by atoms with E-state index in [1.165, 1.54) is 18.5 Å². The fourth-order valence-electron chi connectivity index (χ4n) is 2.71. The number of aryl methyl sites for hydroxylation is 2. The lowest BCUT2D eigenvalue weighted by Crippen LogP contribution is -2.42. The molecule has 1 fully saturated rings. The van der Waals surface area contributed by atoms with Gasteiger partial charge in [0.15, 0.2) is 5.96 Å². The van der Waals surface area contributed by atoms with Gasteiger partial charge in [-0.2, -0.15) is 5.10 Å². The van der Waals surface area contributed by atoms with Gasteiger partial charge >= 0.3 is 0 Å². The summed E-state index contributed by atoms with van der Waals surface area (Å²) >= 11 is 0. The van der Waals surface area contributed by atoms with Crippen molar-refractivity contribution in [2.45, 2.75) is 40.2 Å². The van der Waals surface area contributed by atoms with Gasteiger partial charge in [-0.05, 0) is 44.6 Å². The Kier molecular flexibility index (Phi) is 9.78. The van der Waals surface area contributed by atoms with Crippen LogP contribution in [0.15, 0.2) is 11.1 Å². The van der Waals surface area contributed by atoms with Crippen molar-refractivity contribution in [3.63, 3.8) is 0 Å². The predicted molar refractivity (Wildman–Crippen MR) is 114 cm³/mol. The maximum atomic E-state index is 5.71. The first kappa shape index (κ1) is 22.2. The van der Waals surface area contributed by atoms with E-state index in [1.54, 1.807) is 0 Å². The quantitative estimate of drug-likeness (QED) is 0.265. The lowest BCUT2D eigenvalue weighted by molar-refractivity contribution is 0.115. The van der Waals surface area contributed by atoms with Gasteiger partial charge in [-0.25, -0.2) is 0 Å². The number of aliphatic imine (C=N–C) groups is 1. The summed E-state index contributed by atoms with van der Waals surface area (Å²) in [7, 11) is 3.89. The molecule has 1 aromatic rings. The number of ether oxygens (including phenoxy) is 1. The molecule has 1 heterocycles. The Labute approximate surface area is 169 Å². The van der Waals surface area contributed by atoms with Crippen LogP contribution in [-0.2, 0) is 11.3 Å². The summed E-state index contributed by atoms with van der Waals surface area (Å²) < 4.78 is 7.79. The number of nitrogens with one attached hydrogen (secondary N) is 1. The first-order valence-electron chi connectivity index (χ1n) is 9.00. The summed E-state index contributed by atoms with van der Waals surface area (Å²) in [6.07, 6.45) is 2.68. The molecule has 1 aliphatic rings. The maximum Gasteiger partial charge on any atom is 0.193 e. The highest BCUT2D eigenvalue weighted by Crippen LogP contribution is 2.28. The lowest BCUT2D eigenvalue weighted by Gasteiger charge is -2.23. The normalized spacial score (nSPS) is 15.6. The maximum absolute atomic E-state index is 5.71. The van der Waals surface area contributed by atoms with E-state index in [4.69, 9.17) is 4.74 Å². The second kappa shape index (κ2) is 11.0. The van der Waals surface area contributed by atoms with Crippen LogP contribution in [0.25, 0.3) is 0 Å². The Bertz CT molecular complexity index is 542. The van der Waals surface area contributed by atoms with Crippen LogP contribution >= 0.6 is 24.0 Å². The van der Waals surface area contributed by atoms with Crippen LogP contribution in [0.1, 0.15) is 31.2 Å². The number of rotatable bonds is 9. The van der Waals surface area contributed by atoms with E-state index in [2.05, 4.69) is 52.0 Å². The first-order chi connectivity index (χ1) is 11.5. The molecule has 0 saturated heterocycles. The molecule has 25 heavy (non-hydrogen) atoms. The number of aromatic nitrogens is 2. The molecule has 0 bridgehead atoms. The molecule has 144 valence electrons. The number of hydrogen-bond acceptors (Lipinski definition) is 3. The van der Waals surface area contributed by atoms with Gasteiger partial charge in [-0.1, -0.05) is 6.92 Å². The Morgan fingerprint density at radius 2 is 2.20 bits per heavy atom. The Balaban J connectivity index is 0.00000312. The van der Waals surface area contributed by atoms with Crippen LogP contribution in [0.3, 0.4) is 0 Å². The van der Waals surface area contributed by atoms with Crippen molar-refractivity contribution < 1.29 is 4.74 Å². The molecule has 1 N–H and O–H groups in total. The summed E-state index contributed by atoms with van der Waals surface area (Å²) in [5.41, 5.74) is 2.29.